The van der Waals surface area contributed by atoms with E-state index < -0.39 is 0 Å². The van der Waals surface area contributed by atoms with Crippen molar-refractivity contribution in [1.29, 1.82) is 0 Å². The molecule has 0 bridgehead atoms. The largest absolute Gasteiger partial charge is 0.273 e. The number of hydrogen-bond acceptors (Lipinski definition) is 2. The third kappa shape index (κ3) is 3.81. The summed E-state index contributed by atoms with van der Waals surface area (Å²) < 4.78 is 2.11. The molecule has 1 fully saturated rings. The quantitative estimate of drug-likeness (QED) is 0.485. The molecule has 1 saturated carbocycles. The van der Waals surface area contributed by atoms with Crippen LogP contribution >= 0.6 is 31.9 Å². The van der Waals surface area contributed by atoms with Crippen molar-refractivity contribution in [2.75, 3.05) is 0 Å². The van der Waals surface area contributed by atoms with Gasteiger partial charge in [0, 0.05) is 21.8 Å². The Labute approximate surface area is 176 Å². The van der Waals surface area contributed by atoms with Crippen LogP contribution in [0.3, 0.4) is 0 Å². The zero-order chi connectivity index (χ0) is 19.0. The van der Waals surface area contributed by atoms with Gasteiger partial charge in [-0.1, -0.05) is 56.1 Å². The number of amides is 1. The highest BCUT2D eigenvalue weighted by molar-refractivity contribution is 9.10. The molecule has 2 atom stereocenters. The summed E-state index contributed by atoms with van der Waals surface area (Å²) in [4.78, 5) is 12.3. The number of rotatable bonds is 2. The number of fused-ring (bicyclic) bond motifs is 1. The maximum atomic E-state index is 12.3. The van der Waals surface area contributed by atoms with Gasteiger partial charge in [0.05, 0.1) is 11.8 Å². The molecule has 1 amide bonds. The number of hydrogen-bond donors (Lipinski definition) is 0. The number of benzene rings is 2. The van der Waals surface area contributed by atoms with Crippen molar-refractivity contribution in [3.8, 4) is 0 Å². The van der Waals surface area contributed by atoms with Crippen molar-refractivity contribution in [1.82, 2.24) is 5.01 Å². The average Bonchev–Trinajstić information content (AvgIpc) is 3.05. The van der Waals surface area contributed by atoms with Crippen molar-refractivity contribution in [3.05, 3.63) is 74.2 Å². The van der Waals surface area contributed by atoms with Crippen molar-refractivity contribution >= 4 is 49.6 Å². The molecule has 5 heteroatoms. The Morgan fingerprint density at radius 2 is 1.70 bits per heavy atom. The van der Waals surface area contributed by atoms with Gasteiger partial charge in [0.25, 0.3) is 0 Å². The molecule has 1 heterocycles. The fourth-order valence-electron chi connectivity index (χ4n) is 4.02. The molecule has 3 nitrogen and oxygen atoms in total. The van der Waals surface area contributed by atoms with Crippen molar-refractivity contribution < 1.29 is 4.79 Å². The number of hydrazone groups is 1. The third-order valence-electron chi connectivity index (χ3n) is 5.25. The molecule has 27 heavy (non-hydrogen) atoms. The van der Waals surface area contributed by atoms with Crippen LogP contribution in [-0.4, -0.2) is 16.6 Å². The van der Waals surface area contributed by atoms with Gasteiger partial charge in [-0.25, -0.2) is 5.01 Å². The van der Waals surface area contributed by atoms with E-state index >= 15 is 0 Å². The van der Waals surface area contributed by atoms with Crippen LogP contribution in [0, 0.1) is 5.92 Å². The van der Waals surface area contributed by atoms with Gasteiger partial charge < -0.3 is 0 Å². The lowest BCUT2D eigenvalue weighted by atomic mass is 9.77. The van der Waals surface area contributed by atoms with Gasteiger partial charge in [0.15, 0.2) is 0 Å². The second kappa shape index (κ2) is 7.72. The number of allylic oxidation sites excluding steroid dienone is 1. The molecule has 0 aromatic heterocycles. The summed E-state index contributed by atoms with van der Waals surface area (Å²) in [5, 5.41) is 6.48. The first kappa shape index (κ1) is 18.6. The van der Waals surface area contributed by atoms with E-state index in [9.17, 15) is 4.79 Å². The van der Waals surface area contributed by atoms with Crippen LogP contribution in [0.2, 0.25) is 0 Å². The molecule has 0 unspecified atom stereocenters. The Morgan fingerprint density at radius 1 is 1.07 bits per heavy atom. The number of carbonyl (C=O) groups excluding carboxylic acids is 1. The molecule has 1 aliphatic heterocycles. The van der Waals surface area contributed by atoms with E-state index in [-0.39, 0.29) is 17.9 Å². The normalized spacial score (nSPS) is 23.3. The maximum absolute atomic E-state index is 12.3. The van der Waals surface area contributed by atoms with Crippen LogP contribution < -0.4 is 0 Å². The van der Waals surface area contributed by atoms with Crippen LogP contribution in [-0.2, 0) is 4.79 Å². The zero-order valence-electron chi connectivity index (χ0n) is 15.0. The summed E-state index contributed by atoms with van der Waals surface area (Å²) in [6.07, 6.45) is 5.40. The SMILES string of the molecule is CC(=O)N1N=C2/C(=C/c3ccc(Br)cc3)CCC[C@@H]2[C@@H]1c1ccc(Br)cc1. The van der Waals surface area contributed by atoms with Crippen molar-refractivity contribution in [2.24, 2.45) is 11.0 Å². The number of carbonyl (C=O) groups is 1. The van der Waals surface area contributed by atoms with E-state index in [1.165, 1.54) is 5.57 Å². The van der Waals surface area contributed by atoms with Crippen LogP contribution in [0.5, 0.6) is 0 Å². The van der Waals surface area contributed by atoms with Crippen LogP contribution in [0.4, 0.5) is 0 Å². The molecular formula is C22H20Br2N2O. The monoisotopic (exact) mass is 486 g/mol. The Hall–Kier alpha value is -1.72. The Bertz CT molecular complexity index is 916. The number of halogens is 2. The van der Waals surface area contributed by atoms with Crippen molar-refractivity contribution in [3.63, 3.8) is 0 Å². The zero-order valence-corrected chi connectivity index (χ0v) is 18.2. The van der Waals surface area contributed by atoms with Crippen LogP contribution in [0.1, 0.15) is 43.4 Å². The second-order valence-electron chi connectivity index (χ2n) is 7.07. The molecular weight excluding hydrogens is 468 g/mol. The Morgan fingerprint density at radius 3 is 2.33 bits per heavy atom. The van der Waals surface area contributed by atoms with Gasteiger partial charge in [0.1, 0.15) is 0 Å². The molecule has 138 valence electrons. The topological polar surface area (TPSA) is 32.7 Å². The van der Waals surface area contributed by atoms with Crippen molar-refractivity contribution in [2.45, 2.75) is 32.2 Å². The van der Waals surface area contributed by atoms with E-state index in [4.69, 9.17) is 5.10 Å². The maximum Gasteiger partial charge on any atom is 0.240 e. The molecule has 0 radical (unpaired) electrons. The highest BCUT2D eigenvalue weighted by Crippen LogP contribution is 2.44. The van der Waals surface area contributed by atoms with E-state index in [0.717, 1.165) is 45.0 Å². The van der Waals surface area contributed by atoms with E-state index in [1.54, 1.807) is 11.9 Å². The van der Waals surface area contributed by atoms with Gasteiger partial charge in [-0.05, 0) is 66.3 Å². The smallest absolute Gasteiger partial charge is 0.240 e. The summed E-state index contributed by atoms with van der Waals surface area (Å²) in [7, 11) is 0. The summed E-state index contributed by atoms with van der Waals surface area (Å²) in [5.41, 5.74) is 4.63. The lowest BCUT2D eigenvalue weighted by Gasteiger charge is -2.29. The molecule has 4 rings (SSSR count). The molecule has 1 aliphatic carbocycles. The van der Waals surface area contributed by atoms with Gasteiger partial charge in [-0.2, -0.15) is 5.10 Å². The number of nitrogens with zero attached hydrogens (tertiary/aromatic N) is 2. The Kier molecular flexibility index (Phi) is 5.33. The van der Waals surface area contributed by atoms with Gasteiger partial charge in [-0.3, -0.25) is 4.79 Å². The molecule has 2 aromatic rings. The minimum absolute atomic E-state index is 0.00666. The fraction of sp³-hybridized carbons (Fsp3) is 0.273. The summed E-state index contributed by atoms with van der Waals surface area (Å²) >= 11 is 6.98. The fourth-order valence-corrected chi connectivity index (χ4v) is 4.54. The standard InChI is InChI=1S/C22H20Br2N2O/c1-14(27)26-22(16-7-11-19(24)12-8-16)20-4-2-3-17(21(20)25-26)13-15-5-9-18(23)10-6-15/h5-13,20,22H,2-4H2,1H3/b17-13+/t20-,22-/m0/s1. The van der Waals surface area contributed by atoms with Crippen LogP contribution in [0.25, 0.3) is 6.08 Å². The van der Waals surface area contributed by atoms with E-state index in [1.807, 2.05) is 12.1 Å². The summed E-state index contributed by atoms with van der Waals surface area (Å²) in [5.74, 6) is 0.248. The first-order valence-corrected chi connectivity index (χ1v) is 10.7. The molecule has 0 spiro atoms. The minimum atomic E-state index is -0.0146. The molecule has 0 saturated heterocycles. The Balaban J connectivity index is 1.72. The summed E-state index contributed by atoms with van der Waals surface area (Å²) in [6.45, 7) is 1.60. The van der Waals surface area contributed by atoms with E-state index in [0.29, 0.717) is 0 Å². The molecule has 2 aliphatic rings. The predicted octanol–water partition coefficient (Wildman–Crippen LogP) is 6.35. The van der Waals surface area contributed by atoms with Crippen LogP contribution in [0.15, 0.2) is 68.2 Å². The first-order chi connectivity index (χ1) is 13.0. The highest BCUT2D eigenvalue weighted by atomic mass is 79.9. The molecule has 2 aromatic carbocycles. The van der Waals surface area contributed by atoms with Gasteiger partial charge in [0.2, 0.25) is 5.91 Å². The van der Waals surface area contributed by atoms with Gasteiger partial charge >= 0.3 is 0 Å². The minimum Gasteiger partial charge on any atom is -0.273 e. The highest BCUT2D eigenvalue weighted by Gasteiger charge is 2.42. The lowest BCUT2D eigenvalue weighted by Crippen LogP contribution is -2.30. The third-order valence-corrected chi connectivity index (χ3v) is 6.30. The summed E-state index contributed by atoms with van der Waals surface area (Å²) in [6, 6.07) is 16.5. The van der Waals surface area contributed by atoms with E-state index in [2.05, 4.69) is 74.3 Å². The average molecular weight is 488 g/mol. The lowest BCUT2D eigenvalue weighted by molar-refractivity contribution is -0.131. The second-order valence-corrected chi connectivity index (χ2v) is 8.90. The predicted molar refractivity (Wildman–Crippen MR) is 116 cm³/mol. The first-order valence-electron chi connectivity index (χ1n) is 9.13. The molecule has 0 N–H and O–H groups in total. The van der Waals surface area contributed by atoms with Gasteiger partial charge in [-0.15, -0.1) is 0 Å².